The van der Waals surface area contributed by atoms with Crippen LogP contribution in [0.1, 0.15) is 39.2 Å². The average molecular weight is 453 g/mol. The van der Waals surface area contributed by atoms with Gasteiger partial charge in [0.2, 0.25) is 0 Å². The zero-order chi connectivity index (χ0) is 19.6. The molecule has 2 aliphatic heterocycles. The second-order valence-electron chi connectivity index (χ2n) is 7.97. The van der Waals surface area contributed by atoms with Crippen LogP contribution in [0.25, 0.3) is 0 Å². The third kappa shape index (κ3) is 4.24. The molecule has 0 amide bonds. The van der Waals surface area contributed by atoms with Crippen LogP contribution in [0.2, 0.25) is 0 Å². The minimum atomic E-state index is 0. The molecule has 29 heavy (non-hydrogen) atoms. The van der Waals surface area contributed by atoms with Crippen LogP contribution in [0.3, 0.4) is 0 Å². The van der Waals surface area contributed by atoms with Crippen LogP contribution in [0.5, 0.6) is 5.75 Å². The Bertz CT molecular complexity index is 942. The topological polar surface area (TPSA) is 26.0 Å². The molecule has 152 valence electrons. The lowest BCUT2D eigenvalue weighted by atomic mass is 9.80. The van der Waals surface area contributed by atoms with Crippen LogP contribution in [-0.2, 0) is 5.41 Å². The molecule has 2 aromatic rings. The summed E-state index contributed by atoms with van der Waals surface area (Å²) in [5, 5.41) is 0. The molecule has 3 nitrogen and oxygen atoms in total. The number of allylic oxidation sites excluding steroid dienone is 4. The summed E-state index contributed by atoms with van der Waals surface area (Å²) in [6.07, 6.45) is 8.61. The largest absolute Gasteiger partial charge is 1.00 e. The second kappa shape index (κ2) is 9.10. The Hall–Kier alpha value is -2.17. The van der Waals surface area contributed by atoms with E-state index < -0.39 is 0 Å². The average Bonchev–Trinajstić information content (AvgIpc) is 2.95. The van der Waals surface area contributed by atoms with E-state index in [-0.39, 0.29) is 22.4 Å². The van der Waals surface area contributed by atoms with Crippen molar-refractivity contribution in [2.24, 2.45) is 4.99 Å². The van der Waals surface area contributed by atoms with Gasteiger partial charge in [-0.25, -0.2) is 0 Å². The van der Waals surface area contributed by atoms with Gasteiger partial charge in [-0.3, -0.25) is 9.89 Å². The van der Waals surface area contributed by atoms with E-state index >= 15 is 0 Å². The Balaban J connectivity index is 0.00000240. The highest BCUT2D eigenvalue weighted by atomic mass is 79.9. The molecule has 0 aromatic heterocycles. The molecule has 0 saturated heterocycles. The van der Waals surface area contributed by atoms with Crippen molar-refractivity contribution < 1.29 is 26.6 Å². The summed E-state index contributed by atoms with van der Waals surface area (Å²) in [7, 11) is 0. The highest BCUT2D eigenvalue weighted by molar-refractivity contribution is 5.75. The minimum Gasteiger partial charge on any atom is -1.00 e. The van der Waals surface area contributed by atoms with Crippen LogP contribution in [0.15, 0.2) is 76.9 Å². The van der Waals surface area contributed by atoms with E-state index in [0.29, 0.717) is 6.61 Å². The summed E-state index contributed by atoms with van der Waals surface area (Å²) in [5.41, 5.74) is 6.94. The van der Waals surface area contributed by atoms with Gasteiger partial charge in [-0.05, 0) is 63.6 Å². The molecule has 0 aliphatic carbocycles. The molecule has 2 aliphatic rings. The number of halogens is 1. The molecule has 0 fully saturated rings. The second-order valence-corrected chi connectivity index (χ2v) is 7.97. The lowest BCUT2D eigenvalue weighted by Crippen LogP contribution is -3.05. The number of nitrogens with one attached hydrogen (secondary N) is 1. The predicted octanol–water partition coefficient (Wildman–Crippen LogP) is 1.90. The van der Waals surface area contributed by atoms with Gasteiger partial charge in [0.1, 0.15) is 17.1 Å². The maximum Gasteiger partial charge on any atom is 0.140 e. The molecule has 2 aromatic carbocycles. The number of aliphatic imine (C=N–C) groups is 1. The third-order valence-corrected chi connectivity index (χ3v) is 5.80. The molecule has 1 atom stereocenters. The number of ether oxygens (including phenoxy) is 1. The Labute approximate surface area is 184 Å². The van der Waals surface area contributed by atoms with E-state index in [0.717, 1.165) is 17.9 Å². The van der Waals surface area contributed by atoms with Crippen LogP contribution in [-0.4, -0.2) is 19.4 Å². The molecule has 2 heterocycles. The van der Waals surface area contributed by atoms with E-state index in [2.05, 4.69) is 55.3 Å². The molecule has 1 unspecified atom stereocenters. The molecular weight excluding hydrogens is 424 g/mol. The lowest BCUT2D eigenvalue weighted by Gasteiger charge is -2.27. The summed E-state index contributed by atoms with van der Waals surface area (Å²) < 4.78 is 5.48. The van der Waals surface area contributed by atoms with E-state index in [4.69, 9.17) is 4.74 Å². The monoisotopic (exact) mass is 452 g/mol. The molecule has 1 N–H and O–H groups in total. The summed E-state index contributed by atoms with van der Waals surface area (Å²) in [6, 6.07) is 16.8. The van der Waals surface area contributed by atoms with Gasteiger partial charge in [-0.2, -0.15) is 0 Å². The van der Waals surface area contributed by atoms with E-state index in [1.54, 1.807) is 4.90 Å². The van der Waals surface area contributed by atoms with Crippen molar-refractivity contribution in [3.8, 4) is 5.75 Å². The van der Waals surface area contributed by atoms with Gasteiger partial charge in [0.15, 0.2) is 0 Å². The number of hydrogen-bond acceptors (Lipinski definition) is 2. The van der Waals surface area contributed by atoms with Gasteiger partial charge in [-0.15, -0.1) is 0 Å². The van der Waals surface area contributed by atoms with E-state index in [1.165, 1.54) is 35.5 Å². The Kier molecular flexibility index (Phi) is 6.76. The van der Waals surface area contributed by atoms with Gasteiger partial charge < -0.3 is 21.7 Å². The van der Waals surface area contributed by atoms with E-state index in [9.17, 15) is 0 Å². The minimum absolute atomic E-state index is 0. The molecule has 0 spiro atoms. The maximum absolute atomic E-state index is 5.48. The third-order valence-electron chi connectivity index (χ3n) is 5.80. The number of benzene rings is 2. The quantitative estimate of drug-likeness (QED) is 0.688. The molecule has 0 saturated carbocycles. The van der Waals surface area contributed by atoms with Gasteiger partial charge in [0, 0.05) is 23.8 Å². The SMILES string of the molecule is CCOc1ccc(N=C/C=C/C2=C3[NH+](CCC2)c2ccccc2C3(C)C)cc1.[Br-]. The normalized spacial score (nSPS) is 19.9. The van der Waals surface area contributed by atoms with Crippen molar-refractivity contribution in [2.75, 3.05) is 13.2 Å². The van der Waals surface area contributed by atoms with Gasteiger partial charge in [0.05, 0.1) is 24.3 Å². The lowest BCUT2D eigenvalue weighted by molar-refractivity contribution is -0.792. The number of rotatable bonds is 5. The number of nitrogens with zero attached hydrogens (tertiary/aromatic N) is 1. The van der Waals surface area contributed by atoms with Gasteiger partial charge >= 0.3 is 0 Å². The van der Waals surface area contributed by atoms with Crippen LogP contribution >= 0.6 is 0 Å². The Morgan fingerprint density at radius 2 is 1.86 bits per heavy atom. The number of hydrogen-bond donors (Lipinski definition) is 1. The summed E-state index contributed by atoms with van der Waals surface area (Å²) >= 11 is 0. The fourth-order valence-corrected chi connectivity index (χ4v) is 4.62. The summed E-state index contributed by atoms with van der Waals surface area (Å²) in [5.74, 6) is 0.886. The number of quaternary nitrogens is 1. The van der Waals surface area contributed by atoms with Crippen LogP contribution in [0, 0.1) is 0 Å². The fraction of sp³-hybridized carbons (Fsp3) is 0.320. The first-order chi connectivity index (χ1) is 13.6. The van der Waals surface area contributed by atoms with Crippen LogP contribution < -0.4 is 26.6 Å². The molecule has 4 heteroatoms. The van der Waals surface area contributed by atoms with Crippen molar-refractivity contribution in [1.29, 1.82) is 0 Å². The van der Waals surface area contributed by atoms with Crippen molar-refractivity contribution in [2.45, 2.75) is 39.0 Å². The molecule has 0 bridgehead atoms. The first-order valence-corrected chi connectivity index (χ1v) is 10.2. The number of para-hydroxylation sites is 1. The van der Waals surface area contributed by atoms with Crippen molar-refractivity contribution in [1.82, 2.24) is 0 Å². The first kappa shape index (κ1) is 21.5. The summed E-state index contributed by atoms with van der Waals surface area (Å²) in [6.45, 7) is 8.59. The number of fused-ring (bicyclic) bond motifs is 3. The Morgan fingerprint density at radius 1 is 1.10 bits per heavy atom. The molecular formula is C25H29BrN2O. The maximum atomic E-state index is 5.48. The fourth-order valence-electron chi connectivity index (χ4n) is 4.62. The highest BCUT2D eigenvalue weighted by Gasteiger charge is 2.47. The van der Waals surface area contributed by atoms with Crippen molar-refractivity contribution in [3.05, 3.63) is 77.5 Å². The van der Waals surface area contributed by atoms with Crippen molar-refractivity contribution >= 4 is 17.6 Å². The van der Waals surface area contributed by atoms with E-state index in [1.807, 2.05) is 37.4 Å². The molecule has 0 radical (unpaired) electrons. The van der Waals surface area contributed by atoms with Crippen LogP contribution in [0.4, 0.5) is 11.4 Å². The standard InChI is InChI=1S/C25H28N2O.BrH/c1-4-28-21-15-13-20(14-16-21)26-17-7-9-19-10-8-18-27-23-12-6-5-11-22(23)25(2,3)24(19)27;/h5-7,9,11-17H,4,8,10,18H2,1-3H3;1H/b9-7+,26-17?;. The zero-order valence-electron chi connectivity index (χ0n) is 17.4. The predicted molar refractivity (Wildman–Crippen MR) is 116 cm³/mol. The zero-order valence-corrected chi connectivity index (χ0v) is 19.0. The smallest absolute Gasteiger partial charge is 0.140 e. The molecule has 4 rings (SSSR count). The first-order valence-electron chi connectivity index (χ1n) is 10.2. The van der Waals surface area contributed by atoms with Gasteiger partial charge in [-0.1, -0.05) is 24.3 Å². The van der Waals surface area contributed by atoms with Gasteiger partial charge in [0.25, 0.3) is 0 Å². The Morgan fingerprint density at radius 3 is 2.62 bits per heavy atom. The van der Waals surface area contributed by atoms with Crippen molar-refractivity contribution in [3.63, 3.8) is 0 Å². The summed E-state index contributed by atoms with van der Waals surface area (Å²) in [4.78, 5) is 6.11. The highest BCUT2D eigenvalue weighted by Crippen LogP contribution is 2.41.